The lowest BCUT2D eigenvalue weighted by molar-refractivity contribution is -0.153. The van der Waals surface area contributed by atoms with Crippen molar-refractivity contribution in [3.05, 3.63) is 28.8 Å². The Morgan fingerprint density at radius 1 is 1.26 bits per heavy atom. The van der Waals surface area contributed by atoms with Crippen molar-refractivity contribution in [3.8, 4) is 5.75 Å². The minimum Gasteiger partial charge on any atom is -0.495 e. The van der Waals surface area contributed by atoms with Gasteiger partial charge in [-0.1, -0.05) is 17.7 Å². The van der Waals surface area contributed by atoms with Gasteiger partial charge in [0.25, 0.3) is 0 Å². The maximum Gasteiger partial charge on any atom is 0.325 e. The summed E-state index contributed by atoms with van der Waals surface area (Å²) in [4.78, 5) is 63.7. The first-order valence-electron chi connectivity index (χ1n) is 9.59. The van der Waals surface area contributed by atoms with Gasteiger partial charge in [0.15, 0.2) is 0 Å². The molecule has 0 saturated carbocycles. The van der Waals surface area contributed by atoms with Gasteiger partial charge in [0.1, 0.15) is 17.8 Å². The topological polar surface area (TPSA) is 137 Å². The number of likely N-dealkylation sites (N-methyl/N-ethyl adjacent to an activating group) is 1. The van der Waals surface area contributed by atoms with Crippen molar-refractivity contribution in [1.29, 1.82) is 0 Å². The summed E-state index contributed by atoms with van der Waals surface area (Å²) in [6.45, 7) is 2.53. The summed E-state index contributed by atoms with van der Waals surface area (Å²) in [6.07, 6.45) is 0. The lowest BCUT2D eigenvalue weighted by atomic mass is 10.0. The largest absolute Gasteiger partial charge is 0.495 e. The normalized spacial score (nSPS) is 19.3. The van der Waals surface area contributed by atoms with Crippen LogP contribution in [0.25, 0.3) is 0 Å². The molecule has 2 heterocycles. The van der Waals surface area contributed by atoms with Crippen molar-refractivity contribution in [2.24, 2.45) is 0 Å². The van der Waals surface area contributed by atoms with Gasteiger partial charge in [0, 0.05) is 26.2 Å². The Balaban J connectivity index is 1.82. The number of imide groups is 1. The molecule has 2 unspecified atom stereocenters. The van der Waals surface area contributed by atoms with Crippen molar-refractivity contribution in [3.63, 3.8) is 0 Å². The molecular weight excluding hydrogens is 430 g/mol. The molecule has 1 aromatic rings. The fourth-order valence-corrected chi connectivity index (χ4v) is 3.46. The molecule has 0 aromatic heterocycles. The highest BCUT2D eigenvalue weighted by molar-refractivity contribution is 6.38. The van der Waals surface area contributed by atoms with Crippen LogP contribution in [0.4, 0.5) is 4.79 Å². The quantitative estimate of drug-likeness (QED) is 0.390. The van der Waals surface area contributed by atoms with Gasteiger partial charge < -0.3 is 25.6 Å². The molecular formula is C19H22ClN5O6. The van der Waals surface area contributed by atoms with E-state index in [4.69, 9.17) is 16.3 Å². The number of halogens is 1. The zero-order valence-electron chi connectivity index (χ0n) is 16.9. The molecule has 12 heteroatoms. The standard InChI is InChI=1S/C19H22ClN5O6/c1-3-24-6-7-25(18(29)17(24)28)19(30)23-14(16(27)22-12-9-21-15(12)26)10-4-5-13(31-2)11(20)8-10/h4-5,8,12,14H,3,6-7,9H2,1-2H3,(H,21,26)(H,22,27)(H,23,30). The van der Waals surface area contributed by atoms with E-state index in [2.05, 4.69) is 16.0 Å². The molecule has 11 nitrogen and oxygen atoms in total. The van der Waals surface area contributed by atoms with Crippen molar-refractivity contribution in [1.82, 2.24) is 25.8 Å². The number of nitrogens with zero attached hydrogens (tertiary/aromatic N) is 2. The summed E-state index contributed by atoms with van der Waals surface area (Å²) < 4.78 is 5.10. The maximum absolute atomic E-state index is 12.9. The summed E-state index contributed by atoms with van der Waals surface area (Å²) in [7, 11) is 1.43. The average molecular weight is 452 g/mol. The predicted molar refractivity (Wildman–Crippen MR) is 108 cm³/mol. The van der Waals surface area contributed by atoms with Crippen molar-refractivity contribution < 1.29 is 28.7 Å². The van der Waals surface area contributed by atoms with E-state index in [0.717, 1.165) is 4.90 Å². The average Bonchev–Trinajstić information content (AvgIpc) is 2.76. The van der Waals surface area contributed by atoms with E-state index in [1.807, 2.05) is 0 Å². The number of rotatable bonds is 6. The maximum atomic E-state index is 12.9. The minimum absolute atomic E-state index is 0.00696. The molecule has 2 saturated heterocycles. The van der Waals surface area contributed by atoms with Gasteiger partial charge in [-0.05, 0) is 24.6 Å². The van der Waals surface area contributed by atoms with Crippen LogP contribution < -0.4 is 20.7 Å². The summed E-state index contributed by atoms with van der Waals surface area (Å²) >= 11 is 6.16. The van der Waals surface area contributed by atoms with Crippen molar-refractivity contribution in [2.45, 2.75) is 19.0 Å². The van der Waals surface area contributed by atoms with E-state index in [-0.39, 0.29) is 30.6 Å². The Morgan fingerprint density at radius 3 is 2.55 bits per heavy atom. The van der Waals surface area contributed by atoms with Gasteiger partial charge in [-0.3, -0.25) is 24.1 Å². The molecule has 2 fully saturated rings. The lowest BCUT2D eigenvalue weighted by Gasteiger charge is -2.33. The molecule has 3 N–H and O–H groups in total. The molecule has 3 rings (SSSR count). The number of hydrogen-bond acceptors (Lipinski definition) is 6. The Bertz CT molecular complexity index is 938. The molecule has 166 valence electrons. The molecule has 0 bridgehead atoms. The van der Waals surface area contributed by atoms with Crippen LogP contribution in [0.15, 0.2) is 18.2 Å². The predicted octanol–water partition coefficient (Wildman–Crippen LogP) is -0.595. The van der Waals surface area contributed by atoms with Crippen LogP contribution in [0.5, 0.6) is 5.75 Å². The number of carbonyl (C=O) groups is 5. The Hall–Kier alpha value is -3.34. The van der Waals surface area contributed by atoms with Crippen LogP contribution in [0.1, 0.15) is 18.5 Å². The number of ether oxygens (including phenoxy) is 1. The van der Waals surface area contributed by atoms with Crippen molar-refractivity contribution >= 4 is 41.3 Å². The second kappa shape index (κ2) is 9.21. The summed E-state index contributed by atoms with van der Waals surface area (Å²) in [5.41, 5.74) is 0.308. The molecule has 0 spiro atoms. The SMILES string of the molecule is CCN1CCN(C(=O)NC(C(=O)NC2CNC2=O)c2ccc(OC)c(Cl)c2)C(=O)C1=O. The molecule has 2 aliphatic rings. The highest BCUT2D eigenvalue weighted by Crippen LogP contribution is 2.28. The molecule has 2 aliphatic heterocycles. The third-order valence-electron chi connectivity index (χ3n) is 5.09. The van der Waals surface area contributed by atoms with Crippen LogP contribution in [-0.4, -0.2) is 78.8 Å². The molecule has 31 heavy (non-hydrogen) atoms. The van der Waals surface area contributed by atoms with E-state index < -0.39 is 35.8 Å². The molecule has 6 amide bonds. The number of β-lactam (4-membered cyclic amide) rings is 1. The van der Waals surface area contributed by atoms with Crippen LogP contribution in [0.2, 0.25) is 5.02 Å². The van der Waals surface area contributed by atoms with Crippen LogP contribution in [0.3, 0.4) is 0 Å². The molecule has 1 aromatic carbocycles. The fourth-order valence-electron chi connectivity index (χ4n) is 3.19. The minimum atomic E-state index is -1.27. The number of nitrogens with one attached hydrogen (secondary N) is 3. The molecule has 0 aliphatic carbocycles. The summed E-state index contributed by atoms with van der Waals surface area (Å²) in [5, 5.41) is 7.72. The summed E-state index contributed by atoms with van der Waals surface area (Å²) in [6, 6.07) is 1.59. The number of carbonyl (C=O) groups excluding carboxylic acids is 5. The Labute approximate surface area is 183 Å². The molecule has 0 radical (unpaired) electrons. The first kappa shape index (κ1) is 22.3. The van der Waals surface area contributed by atoms with Gasteiger partial charge in [-0.15, -0.1) is 0 Å². The van der Waals surface area contributed by atoms with Crippen molar-refractivity contribution in [2.75, 3.05) is 33.3 Å². The van der Waals surface area contributed by atoms with Crippen LogP contribution in [-0.2, 0) is 19.2 Å². The smallest absolute Gasteiger partial charge is 0.325 e. The number of hydrogen-bond donors (Lipinski definition) is 3. The number of amides is 6. The summed E-state index contributed by atoms with van der Waals surface area (Å²) in [5.74, 6) is -2.41. The van der Waals surface area contributed by atoms with Crippen LogP contribution in [0, 0.1) is 0 Å². The third-order valence-corrected chi connectivity index (χ3v) is 5.38. The van der Waals surface area contributed by atoms with Gasteiger partial charge >= 0.3 is 17.8 Å². The second-order valence-corrected chi connectivity index (χ2v) is 7.33. The van der Waals surface area contributed by atoms with Gasteiger partial charge in [-0.25, -0.2) is 4.79 Å². The highest BCUT2D eigenvalue weighted by Gasteiger charge is 2.38. The van der Waals surface area contributed by atoms with E-state index in [9.17, 15) is 24.0 Å². The lowest BCUT2D eigenvalue weighted by Crippen LogP contribution is -2.63. The number of methoxy groups -OCH3 is 1. The van der Waals surface area contributed by atoms with E-state index >= 15 is 0 Å². The van der Waals surface area contributed by atoms with Gasteiger partial charge in [0.05, 0.1) is 12.1 Å². The van der Waals surface area contributed by atoms with E-state index in [0.29, 0.717) is 17.9 Å². The first-order valence-corrected chi connectivity index (χ1v) is 9.97. The first-order chi connectivity index (χ1) is 14.8. The fraction of sp³-hybridized carbons (Fsp3) is 0.421. The highest BCUT2D eigenvalue weighted by atomic mass is 35.5. The zero-order chi connectivity index (χ0) is 22.7. The number of benzene rings is 1. The number of piperazine rings is 1. The number of urea groups is 1. The van der Waals surface area contributed by atoms with Gasteiger partial charge in [0.2, 0.25) is 11.8 Å². The zero-order valence-corrected chi connectivity index (χ0v) is 17.7. The molecule has 2 atom stereocenters. The Kier molecular flexibility index (Phi) is 6.64. The monoisotopic (exact) mass is 451 g/mol. The van der Waals surface area contributed by atoms with Crippen LogP contribution >= 0.6 is 11.6 Å². The van der Waals surface area contributed by atoms with E-state index in [1.54, 1.807) is 6.92 Å². The Morgan fingerprint density at radius 2 is 2.00 bits per heavy atom. The van der Waals surface area contributed by atoms with Gasteiger partial charge in [-0.2, -0.15) is 0 Å². The third kappa shape index (κ3) is 4.55. The second-order valence-electron chi connectivity index (χ2n) is 6.92. The van der Waals surface area contributed by atoms with E-state index in [1.165, 1.54) is 30.2 Å².